The number of nitrogens with zero attached hydrogens (tertiary/aromatic N) is 2. The lowest BCUT2D eigenvalue weighted by atomic mass is 10.2. The Hall–Kier alpha value is -2.03. The molecule has 108 valence electrons. The summed E-state index contributed by atoms with van der Waals surface area (Å²) in [6.07, 6.45) is 1.14. The fourth-order valence-electron chi connectivity index (χ4n) is 1.99. The van der Waals surface area contributed by atoms with Gasteiger partial charge < -0.3 is 0 Å². The van der Waals surface area contributed by atoms with Gasteiger partial charge in [-0.2, -0.15) is 5.26 Å². The first kappa shape index (κ1) is 15.4. The van der Waals surface area contributed by atoms with Crippen LogP contribution in [-0.2, 0) is 6.42 Å². The van der Waals surface area contributed by atoms with E-state index in [0.717, 1.165) is 4.57 Å². The lowest BCUT2D eigenvalue weighted by Crippen LogP contribution is -2.36. The summed E-state index contributed by atoms with van der Waals surface area (Å²) >= 11 is 12.0. The normalized spacial score (nSPS) is 10.4. The lowest BCUT2D eigenvalue weighted by molar-refractivity contribution is 0.811. The van der Waals surface area contributed by atoms with E-state index in [-0.39, 0.29) is 15.9 Å². The molecule has 0 aliphatic heterocycles. The van der Waals surface area contributed by atoms with Crippen LogP contribution in [0, 0.1) is 11.3 Å². The fourth-order valence-corrected chi connectivity index (χ4v) is 2.44. The van der Waals surface area contributed by atoms with E-state index in [1.807, 2.05) is 13.0 Å². The van der Waals surface area contributed by atoms with E-state index in [4.69, 9.17) is 28.5 Å². The number of H-pyrrole nitrogens is 1. The first-order valence-corrected chi connectivity index (χ1v) is 6.99. The zero-order chi connectivity index (χ0) is 15.6. The molecule has 0 aliphatic rings. The average Bonchev–Trinajstić information content (AvgIpc) is 2.45. The van der Waals surface area contributed by atoms with Gasteiger partial charge in [0.15, 0.2) is 0 Å². The van der Waals surface area contributed by atoms with Crippen LogP contribution in [0.15, 0.2) is 27.8 Å². The first-order chi connectivity index (χ1) is 9.99. The summed E-state index contributed by atoms with van der Waals surface area (Å²) in [5.74, 6) is 0. The van der Waals surface area contributed by atoms with Gasteiger partial charge in [0.05, 0.1) is 27.9 Å². The number of nitrogens with one attached hydrogen (secondary N) is 1. The number of nitriles is 1. The maximum Gasteiger partial charge on any atom is 0.334 e. The summed E-state index contributed by atoms with van der Waals surface area (Å²) in [5, 5.41) is 9.17. The highest BCUT2D eigenvalue weighted by Crippen LogP contribution is 2.20. The molecule has 0 saturated carbocycles. The maximum atomic E-state index is 12.5. The summed E-state index contributed by atoms with van der Waals surface area (Å²) in [5.41, 5.74) is -0.440. The zero-order valence-electron chi connectivity index (χ0n) is 11.1. The number of hydrogen-bond donors (Lipinski definition) is 1. The number of benzene rings is 1. The van der Waals surface area contributed by atoms with Gasteiger partial charge in [0.1, 0.15) is 5.15 Å². The minimum atomic E-state index is -0.693. The van der Waals surface area contributed by atoms with E-state index in [0.29, 0.717) is 24.0 Å². The standard InChI is InChI=1S/C14H11Cl2N3O2/c1-2-3-9-12(16)18-14(21)19(13(9)20)11-6-8(7-17)4-5-10(11)15/h4-6H,2-3H2,1H3,(H,18,21). The van der Waals surface area contributed by atoms with Gasteiger partial charge in [-0.05, 0) is 24.6 Å². The van der Waals surface area contributed by atoms with Crippen LogP contribution in [0.2, 0.25) is 10.2 Å². The Morgan fingerprint density at radius 3 is 2.67 bits per heavy atom. The number of rotatable bonds is 3. The predicted molar refractivity (Wildman–Crippen MR) is 81.4 cm³/mol. The summed E-state index contributed by atoms with van der Waals surface area (Å²) in [6.45, 7) is 1.90. The number of hydrogen-bond acceptors (Lipinski definition) is 3. The summed E-state index contributed by atoms with van der Waals surface area (Å²) in [4.78, 5) is 26.9. The number of aromatic nitrogens is 2. The Morgan fingerprint density at radius 2 is 2.05 bits per heavy atom. The lowest BCUT2D eigenvalue weighted by Gasteiger charge is -2.10. The predicted octanol–water partition coefficient (Wildman–Crippen LogP) is 2.66. The van der Waals surface area contributed by atoms with Crippen molar-refractivity contribution in [1.29, 1.82) is 5.26 Å². The van der Waals surface area contributed by atoms with Crippen molar-refractivity contribution in [2.24, 2.45) is 0 Å². The Morgan fingerprint density at radius 1 is 1.33 bits per heavy atom. The molecule has 0 saturated heterocycles. The van der Waals surface area contributed by atoms with Crippen LogP contribution in [0.1, 0.15) is 24.5 Å². The summed E-state index contributed by atoms with van der Waals surface area (Å²) in [7, 11) is 0. The molecular formula is C14H11Cl2N3O2. The van der Waals surface area contributed by atoms with Gasteiger partial charge in [-0.25, -0.2) is 9.36 Å². The highest BCUT2D eigenvalue weighted by atomic mass is 35.5. The van der Waals surface area contributed by atoms with Crippen LogP contribution >= 0.6 is 23.2 Å². The molecule has 1 aromatic heterocycles. The molecule has 7 heteroatoms. The van der Waals surface area contributed by atoms with Crippen molar-refractivity contribution in [1.82, 2.24) is 9.55 Å². The van der Waals surface area contributed by atoms with E-state index in [2.05, 4.69) is 4.98 Å². The summed E-state index contributed by atoms with van der Waals surface area (Å²) < 4.78 is 0.903. The molecule has 0 radical (unpaired) electrons. The van der Waals surface area contributed by atoms with Crippen LogP contribution in [0.5, 0.6) is 0 Å². The van der Waals surface area contributed by atoms with E-state index in [9.17, 15) is 9.59 Å². The number of halogens is 2. The molecule has 0 bridgehead atoms. The molecule has 1 heterocycles. The monoisotopic (exact) mass is 323 g/mol. The molecule has 1 N–H and O–H groups in total. The van der Waals surface area contributed by atoms with E-state index in [1.54, 1.807) is 0 Å². The SMILES string of the molecule is CCCc1c(Cl)[nH]c(=O)n(-c2cc(C#N)ccc2Cl)c1=O. The van der Waals surface area contributed by atoms with Crippen molar-refractivity contribution in [2.75, 3.05) is 0 Å². The van der Waals surface area contributed by atoms with Crippen molar-refractivity contribution in [3.63, 3.8) is 0 Å². The molecule has 0 amide bonds. The zero-order valence-corrected chi connectivity index (χ0v) is 12.6. The van der Waals surface area contributed by atoms with Gasteiger partial charge in [-0.3, -0.25) is 9.78 Å². The van der Waals surface area contributed by atoms with Crippen LogP contribution in [0.25, 0.3) is 5.69 Å². The molecule has 2 rings (SSSR count). The van der Waals surface area contributed by atoms with Gasteiger partial charge in [0.25, 0.3) is 5.56 Å². The van der Waals surface area contributed by atoms with Crippen LogP contribution in [0.3, 0.4) is 0 Å². The summed E-state index contributed by atoms with van der Waals surface area (Å²) in [6, 6.07) is 6.31. The van der Waals surface area contributed by atoms with Gasteiger partial charge in [-0.1, -0.05) is 36.5 Å². The largest absolute Gasteiger partial charge is 0.334 e. The first-order valence-electron chi connectivity index (χ1n) is 6.23. The number of aromatic amines is 1. The van der Waals surface area contributed by atoms with E-state index >= 15 is 0 Å². The smallest absolute Gasteiger partial charge is 0.297 e. The van der Waals surface area contributed by atoms with Crippen LogP contribution < -0.4 is 11.2 Å². The third-order valence-corrected chi connectivity index (χ3v) is 3.60. The molecule has 2 aromatic rings. The van der Waals surface area contributed by atoms with Gasteiger partial charge in [0, 0.05) is 0 Å². The molecule has 1 aromatic carbocycles. The van der Waals surface area contributed by atoms with Gasteiger partial charge in [-0.15, -0.1) is 0 Å². The van der Waals surface area contributed by atoms with Gasteiger partial charge in [0.2, 0.25) is 0 Å². The maximum absolute atomic E-state index is 12.5. The molecule has 0 aliphatic carbocycles. The molecule has 0 atom stereocenters. The van der Waals surface area contributed by atoms with Crippen LogP contribution in [0.4, 0.5) is 0 Å². The van der Waals surface area contributed by atoms with Crippen molar-refractivity contribution >= 4 is 23.2 Å². The van der Waals surface area contributed by atoms with Crippen molar-refractivity contribution in [3.8, 4) is 11.8 Å². The van der Waals surface area contributed by atoms with Crippen LogP contribution in [-0.4, -0.2) is 9.55 Å². The molecule has 0 unspecified atom stereocenters. The minimum absolute atomic E-state index is 0.0376. The van der Waals surface area contributed by atoms with Crippen molar-refractivity contribution in [2.45, 2.75) is 19.8 Å². The average molecular weight is 324 g/mol. The third-order valence-electron chi connectivity index (χ3n) is 2.96. The second-order valence-electron chi connectivity index (χ2n) is 4.39. The molecular weight excluding hydrogens is 313 g/mol. The highest BCUT2D eigenvalue weighted by Gasteiger charge is 2.15. The second kappa shape index (κ2) is 6.17. The molecule has 21 heavy (non-hydrogen) atoms. The highest BCUT2D eigenvalue weighted by molar-refractivity contribution is 6.32. The Kier molecular flexibility index (Phi) is 4.51. The molecule has 0 spiro atoms. The van der Waals surface area contributed by atoms with Gasteiger partial charge >= 0.3 is 5.69 Å². The Bertz CT molecular complexity index is 847. The molecule has 5 nitrogen and oxygen atoms in total. The quantitative estimate of drug-likeness (QED) is 0.882. The topological polar surface area (TPSA) is 78.7 Å². The van der Waals surface area contributed by atoms with Crippen molar-refractivity contribution < 1.29 is 0 Å². The Labute approximate surface area is 130 Å². The Balaban J connectivity index is 2.82. The van der Waals surface area contributed by atoms with Crippen molar-refractivity contribution in [3.05, 3.63) is 60.3 Å². The minimum Gasteiger partial charge on any atom is -0.297 e. The van der Waals surface area contributed by atoms with E-state index < -0.39 is 11.2 Å². The van der Waals surface area contributed by atoms with E-state index in [1.165, 1.54) is 18.2 Å². The second-order valence-corrected chi connectivity index (χ2v) is 5.18. The fraction of sp³-hybridized carbons (Fsp3) is 0.214. The third kappa shape index (κ3) is 2.87. The molecule has 0 fully saturated rings.